The third-order valence-corrected chi connectivity index (χ3v) is 7.90. The van der Waals surface area contributed by atoms with Crippen molar-refractivity contribution < 1.29 is 9.47 Å². The van der Waals surface area contributed by atoms with E-state index in [0.29, 0.717) is 17.5 Å². The predicted octanol–water partition coefficient (Wildman–Crippen LogP) is -0.132. The van der Waals surface area contributed by atoms with E-state index in [2.05, 4.69) is 10.3 Å². The Morgan fingerprint density at radius 2 is 1.90 bits per heavy atom. The van der Waals surface area contributed by atoms with E-state index >= 15 is 0 Å². The summed E-state index contributed by atoms with van der Waals surface area (Å²) in [5.74, 6) is 0.924. The van der Waals surface area contributed by atoms with Crippen molar-refractivity contribution in [3.05, 3.63) is 22.0 Å². The van der Waals surface area contributed by atoms with Crippen LogP contribution in [0.4, 0.5) is 0 Å². The van der Waals surface area contributed by atoms with Gasteiger partial charge in [-0.15, -0.1) is 16.8 Å². The Morgan fingerprint density at radius 3 is 2.65 bits per heavy atom. The Hall–Kier alpha value is -1.17. The number of hydrogen-bond acceptors (Lipinski definition) is 5. The SMILES string of the molecule is [B]c1nc([C@]2(CCNCc3sccc3OC)CCOC3(CCCC3)C2)c([B])c([B])c1[B]. The normalized spacial score (nSPS) is 22.7. The fraction of sp³-hybridized carbons (Fsp3) is 0.591. The van der Waals surface area contributed by atoms with Gasteiger partial charge in [0.2, 0.25) is 0 Å². The maximum absolute atomic E-state index is 6.48. The Bertz CT molecular complexity index is 932. The molecule has 0 amide bonds. The van der Waals surface area contributed by atoms with Crippen LogP contribution in [0.1, 0.15) is 55.5 Å². The molecule has 2 aromatic heterocycles. The first kappa shape index (κ1) is 23.0. The summed E-state index contributed by atoms with van der Waals surface area (Å²) in [6.07, 6.45) is 7.13. The molecule has 4 rings (SSSR count). The fourth-order valence-corrected chi connectivity index (χ4v) is 6.13. The van der Waals surface area contributed by atoms with Crippen molar-refractivity contribution in [3.8, 4) is 5.75 Å². The van der Waals surface area contributed by atoms with Crippen molar-refractivity contribution >= 4 is 64.7 Å². The first-order chi connectivity index (χ1) is 14.9. The molecule has 2 aliphatic rings. The summed E-state index contributed by atoms with van der Waals surface area (Å²) in [6.45, 7) is 2.25. The van der Waals surface area contributed by atoms with Gasteiger partial charge in [-0.1, -0.05) is 23.8 Å². The monoisotopic (exact) mass is 426 g/mol. The number of ether oxygens (including phenoxy) is 2. The van der Waals surface area contributed by atoms with Crippen LogP contribution < -0.4 is 32.0 Å². The number of rotatable bonds is 7. The summed E-state index contributed by atoms with van der Waals surface area (Å²) in [5, 5.41) is 5.62. The van der Waals surface area contributed by atoms with E-state index in [9.17, 15) is 0 Å². The van der Waals surface area contributed by atoms with Gasteiger partial charge in [-0.05, 0) is 55.7 Å². The molecule has 1 N–H and O–H groups in total. The van der Waals surface area contributed by atoms with Gasteiger partial charge in [-0.25, -0.2) is 0 Å². The van der Waals surface area contributed by atoms with Crippen molar-refractivity contribution in [1.29, 1.82) is 0 Å². The molecule has 2 aromatic rings. The second-order valence-corrected chi connectivity index (χ2v) is 9.87. The lowest BCUT2D eigenvalue weighted by Gasteiger charge is -2.47. The van der Waals surface area contributed by atoms with Crippen LogP contribution in [0.15, 0.2) is 11.4 Å². The van der Waals surface area contributed by atoms with Crippen LogP contribution >= 0.6 is 11.3 Å². The van der Waals surface area contributed by atoms with Crippen LogP contribution in [0.2, 0.25) is 0 Å². The Morgan fingerprint density at radius 1 is 1.13 bits per heavy atom. The summed E-state index contributed by atoms with van der Waals surface area (Å²) in [7, 11) is 26.5. The number of pyridine rings is 1. The lowest BCUT2D eigenvalue weighted by Crippen LogP contribution is -2.56. The van der Waals surface area contributed by atoms with Crippen molar-refractivity contribution in [3.63, 3.8) is 0 Å². The highest BCUT2D eigenvalue weighted by Crippen LogP contribution is 2.49. The van der Waals surface area contributed by atoms with E-state index in [4.69, 9.17) is 40.9 Å². The number of thiophene rings is 1. The molecule has 2 fully saturated rings. The molecular formula is C22H26B4N2O2S. The summed E-state index contributed by atoms with van der Waals surface area (Å²) >= 11 is 1.69. The van der Waals surface area contributed by atoms with Gasteiger partial charge in [0, 0.05) is 24.3 Å². The predicted molar refractivity (Wildman–Crippen MR) is 131 cm³/mol. The summed E-state index contributed by atoms with van der Waals surface area (Å²) in [5.41, 5.74) is 1.74. The highest BCUT2D eigenvalue weighted by atomic mass is 32.1. The lowest BCUT2D eigenvalue weighted by molar-refractivity contribution is -0.104. The largest absolute Gasteiger partial charge is 0.496 e. The molecule has 0 aromatic carbocycles. The number of nitrogens with zero attached hydrogens (tertiary/aromatic N) is 1. The molecule has 1 saturated heterocycles. The maximum atomic E-state index is 6.48. The van der Waals surface area contributed by atoms with E-state index in [-0.39, 0.29) is 22.1 Å². The zero-order chi connectivity index (χ0) is 22.1. The molecule has 31 heavy (non-hydrogen) atoms. The third kappa shape index (κ3) is 4.51. The fourth-order valence-electron chi connectivity index (χ4n) is 5.32. The summed E-state index contributed by atoms with van der Waals surface area (Å²) < 4.78 is 11.8. The number of nitrogens with one attached hydrogen (secondary N) is 1. The molecule has 154 valence electrons. The minimum atomic E-state index is -0.255. The van der Waals surface area contributed by atoms with Gasteiger partial charge < -0.3 is 14.8 Å². The molecule has 1 aliphatic carbocycles. The zero-order valence-electron chi connectivity index (χ0n) is 18.2. The third-order valence-electron chi connectivity index (χ3n) is 7.00. The molecular weight excluding hydrogens is 400 g/mol. The average Bonchev–Trinajstić information content (AvgIpc) is 3.41. The topological polar surface area (TPSA) is 43.4 Å². The Kier molecular flexibility index (Phi) is 6.95. The quantitative estimate of drug-likeness (QED) is 0.496. The van der Waals surface area contributed by atoms with Crippen molar-refractivity contribution in [2.75, 3.05) is 20.3 Å². The number of aromatic nitrogens is 1. The molecule has 0 bridgehead atoms. The average molecular weight is 426 g/mol. The van der Waals surface area contributed by atoms with Gasteiger partial charge >= 0.3 is 0 Å². The minimum Gasteiger partial charge on any atom is -0.496 e. The Labute approximate surface area is 194 Å². The van der Waals surface area contributed by atoms with Gasteiger partial charge in [0.05, 0.1) is 17.6 Å². The van der Waals surface area contributed by atoms with Crippen molar-refractivity contribution in [2.45, 2.75) is 62.5 Å². The molecule has 9 heteroatoms. The second kappa shape index (κ2) is 9.36. The maximum Gasteiger partial charge on any atom is 0.140 e. The Balaban J connectivity index is 1.59. The van der Waals surface area contributed by atoms with E-state index in [1.54, 1.807) is 18.4 Å². The van der Waals surface area contributed by atoms with Gasteiger partial charge in [0.25, 0.3) is 0 Å². The van der Waals surface area contributed by atoms with Gasteiger partial charge in [-0.2, -0.15) is 0 Å². The van der Waals surface area contributed by atoms with E-state index < -0.39 is 0 Å². The van der Waals surface area contributed by atoms with Crippen LogP contribution in [0, 0.1) is 0 Å². The van der Waals surface area contributed by atoms with Gasteiger partial charge in [-0.3, -0.25) is 4.98 Å². The first-order valence-electron chi connectivity index (χ1n) is 11.0. The molecule has 4 nitrogen and oxygen atoms in total. The smallest absolute Gasteiger partial charge is 0.140 e. The molecule has 1 spiro atoms. The van der Waals surface area contributed by atoms with Gasteiger partial charge in [0.15, 0.2) is 0 Å². The van der Waals surface area contributed by atoms with Crippen LogP contribution in [0.25, 0.3) is 0 Å². The molecule has 1 saturated carbocycles. The van der Waals surface area contributed by atoms with Crippen LogP contribution in [-0.4, -0.2) is 62.2 Å². The second-order valence-electron chi connectivity index (χ2n) is 8.87. The van der Waals surface area contributed by atoms with Crippen LogP contribution in [-0.2, 0) is 16.7 Å². The summed E-state index contributed by atoms with van der Waals surface area (Å²) in [6, 6.07) is 2.00. The standard InChI is InChI=1S/C22H26B4N2O2S/c1-29-14-4-11-31-15(14)12-27-9-7-21(8-10-30-22(13-21)5-2-3-6-22)19-17(24)16(23)18(25)20(26)28-19/h4,11,27H,2-3,5-10,12-13H2,1H3/t21-/m1/s1. The molecule has 1 atom stereocenters. The van der Waals surface area contributed by atoms with Crippen molar-refractivity contribution in [2.24, 2.45) is 0 Å². The van der Waals surface area contributed by atoms with Crippen LogP contribution in [0.5, 0.6) is 5.75 Å². The molecule has 3 heterocycles. The lowest BCUT2D eigenvalue weighted by atomic mass is 9.61. The molecule has 1 aliphatic heterocycles. The zero-order valence-corrected chi connectivity index (χ0v) is 19.0. The van der Waals surface area contributed by atoms with Gasteiger partial charge in [0.1, 0.15) is 37.1 Å². The molecule has 0 unspecified atom stereocenters. The van der Waals surface area contributed by atoms with Crippen molar-refractivity contribution in [1.82, 2.24) is 10.3 Å². The summed E-state index contributed by atoms with van der Waals surface area (Å²) in [4.78, 5) is 5.88. The number of hydrogen-bond donors (Lipinski definition) is 1. The highest BCUT2D eigenvalue weighted by molar-refractivity contribution is 7.10. The molecule has 8 radical (unpaired) electrons. The van der Waals surface area contributed by atoms with E-state index in [1.807, 2.05) is 11.4 Å². The minimum absolute atomic E-state index is 0.103. The highest BCUT2D eigenvalue weighted by Gasteiger charge is 2.48. The number of methoxy groups -OCH3 is 1. The van der Waals surface area contributed by atoms with E-state index in [1.165, 1.54) is 17.7 Å². The van der Waals surface area contributed by atoms with Crippen LogP contribution in [0.3, 0.4) is 0 Å². The first-order valence-corrected chi connectivity index (χ1v) is 11.8. The van der Waals surface area contributed by atoms with E-state index in [0.717, 1.165) is 56.6 Å².